The third-order valence-corrected chi connectivity index (χ3v) is 2.66. The quantitative estimate of drug-likeness (QED) is 0.763. The van der Waals surface area contributed by atoms with Gasteiger partial charge in [0, 0.05) is 11.5 Å². The van der Waals surface area contributed by atoms with Gasteiger partial charge in [-0.15, -0.1) is 0 Å². The Bertz CT molecular complexity index is 425. The van der Waals surface area contributed by atoms with Crippen molar-refractivity contribution in [3.63, 3.8) is 0 Å². The topological polar surface area (TPSA) is 76.7 Å². The summed E-state index contributed by atoms with van der Waals surface area (Å²) in [5.74, 6) is 1.58. The van der Waals surface area contributed by atoms with Gasteiger partial charge >= 0.3 is 0 Å². The molecule has 0 aromatic carbocycles. The van der Waals surface area contributed by atoms with E-state index in [1.807, 2.05) is 0 Å². The Morgan fingerprint density at radius 2 is 1.82 bits per heavy atom. The molecule has 0 aliphatic heterocycles. The van der Waals surface area contributed by atoms with Gasteiger partial charge in [0.2, 0.25) is 11.9 Å². The molecule has 1 heterocycles. The minimum atomic E-state index is -0.124. The molecule has 1 aromatic heterocycles. The summed E-state index contributed by atoms with van der Waals surface area (Å²) in [6.07, 6.45) is 6.34. The summed E-state index contributed by atoms with van der Waals surface area (Å²) >= 11 is 0. The smallest absolute Gasteiger partial charge is 0.227 e. The Labute approximate surface area is 102 Å². The highest BCUT2D eigenvalue weighted by atomic mass is 15.2. The van der Waals surface area contributed by atoms with Crippen molar-refractivity contribution in [1.82, 2.24) is 15.0 Å². The van der Waals surface area contributed by atoms with E-state index in [0.717, 1.165) is 18.7 Å². The van der Waals surface area contributed by atoms with Gasteiger partial charge in [0.05, 0.1) is 0 Å². The van der Waals surface area contributed by atoms with Crippen LogP contribution in [-0.4, -0.2) is 21.0 Å². The maximum absolute atomic E-state index is 5.71. The molecule has 5 nitrogen and oxygen atoms in total. The minimum Gasteiger partial charge on any atom is -0.368 e. The van der Waals surface area contributed by atoms with Crippen LogP contribution in [0.15, 0.2) is 12.2 Å². The molecule has 3 N–H and O–H groups in total. The molecule has 1 aromatic rings. The van der Waals surface area contributed by atoms with Crippen molar-refractivity contribution in [3.05, 3.63) is 18.0 Å². The number of hydrogen-bond acceptors (Lipinski definition) is 5. The minimum absolute atomic E-state index is 0.124. The Kier molecular flexibility index (Phi) is 3.00. The van der Waals surface area contributed by atoms with Gasteiger partial charge in [0.15, 0.2) is 0 Å². The molecule has 92 valence electrons. The highest BCUT2D eigenvalue weighted by Gasteiger charge is 2.20. The van der Waals surface area contributed by atoms with E-state index in [1.165, 1.54) is 0 Å². The van der Waals surface area contributed by atoms with Crippen LogP contribution < -0.4 is 11.1 Å². The molecule has 1 aliphatic rings. The first kappa shape index (κ1) is 11.8. The van der Waals surface area contributed by atoms with Crippen molar-refractivity contribution in [2.75, 3.05) is 11.1 Å². The number of anilines is 2. The van der Waals surface area contributed by atoms with Crippen molar-refractivity contribution >= 4 is 11.9 Å². The maximum Gasteiger partial charge on any atom is 0.227 e. The Balaban J connectivity index is 2.19. The number of nitrogens with zero attached hydrogens (tertiary/aromatic N) is 3. The lowest BCUT2D eigenvalue weighted by Gasteiger charge is -2.18. The monoisotopic (exact) mass is 233 g/mol. The van der Waals surface area contributed by atoms with E-state index in [9.17, 15) is 0 Å². The highest BCUT2D eigenvalue weighted by molar-refractivity contribution is 5.34. The molecule has 5 heteroatoms. The molecule has 0 saturated heterocycles. The molecule has 2 rings (SSSR count). The van der Waals surface area contributed by atoms with E-state index in [0.29, 0.717) is 12.0 Å². The fraction of sp³-hybridized carbons (Fsp3) is 0.583. The molecule has 1 aliphatic carbocycles. The third-order valence-electron chi connectivity index (χ3n) is 2.66. The first-order valence-corrected chi connectivity index (χ1v) is 5.89. The second-order valence-corrected chi connectivity index (χ2v) is 5.37. The first-order valence-electron chi connectivity index (χ1n) is 5.89. The van der Waals surface area contributed by atoms with Crippen molar-refractivity contribution in [2.24, 2.45) is 0 Å². The van der Waals surface area contributed by atoms with Gasteiger partial charge in [-0.2, -0.15) is 15.0 Å². The standard InChI is InChI=1S/C12H19N5/c1-12(2,3)9-15-10(13)17-11(16-9)14-8-6-4-5-7-8/h4-5,8H,6-7H2,1-3H3,(H3,13,14,15,16,17). The van der Waals surface area contributed by atoms with Gasteiger partial charge < -0.3 is 11.1 Å². The van der Waals surface area contributed by atoms with Gasteiger partial charge in [0.1, 0.15) is 5.82 Å². The summed E-state index contributed by atoms with van der Waals surface area (Å²) in [7, 11) is 0. The average molecular weight is 233 g/mol. The molecule has 0 amide bonds. The van der Waals surface area contributed by atoms with Crippen molar-refractivity contribution in [2.45, 2.75) is 45.1 Å². The number of nitrogen functional groups attached to an aromatic ring is 1. The van der Waals surface area contributed by atoms with E-state index >= 15 is 0 Å². The highest BCUT2D eigenvalue weighted by Crippen LogP contribution is 2.21. The van der Waals surface area contributed by atoms with Crippen LogP contribution >= 0.6 is 0 Å². The molecule has 0 atom stereocenters. The van der Waals surface area contributed by atoms with Gasteiger partial charge in [-0.25, -0.2) is 0 Å². The second kappa shape index (κ2) is 4.31. The lowest BCUT2D eigenvalue weighted by Crippen LogP contribution is -2.22. The van der Waals surface area contributed by atoms with Crippen LogP contribution in [-0.2, 0) is 5.41 Å². The first-order chi connectivity index (χ1) is 7.95. The summed E-state index contributed by atoms with van der Waals surface area (Å²) in [6.45, 7) is 6.17. The normalized spacial score (nSPS) is 16.4. The third kappa shape index (κ3) is 2.93. The second-order valence-electron chi connectivity index (χ2n) is 5.37. The van der Waals surface area contributed by atoms with E-state index in [-0.39, 0.29) is 11.4 Å². The van der Waals surface area contributed by atoms with E-state index in [2.05, 4.69) is 53.2 Å². The summed E-state index contributed by atoms with van der Waals surface area (Å²) in [6, 6.07) is 0.379. The summed E-state index contributed by atoms with van der Waals surface area (Å²) in [5, 5.41) is 3.29. The zero-order valence-electron chi connectivity index (χ0n) is 10.6. The fourth-order valence-corrected chi connectivity index (χ4v) is 1.71. The Morgan fingerprint density at radius 3 is 2.41 bits per heavy atom. The van der Waals surface area contributed by atoms with E-state index in [4.69, 9.17) is 5.73 Å². The molecular weight excluding hydrogens is 214 g/mol. The molecule has 0 unspecified atom stereocenters. The van der Waals surface area contributed by atoms with Crippen LogP contribution in [0.1, 0.15) is 39.4 Å². The zero-order valence-corrected chi connectivity index (χ0v) is 10.6. The van der Waals surface area contributed by atoms with Crippen molar-refractivity contribution in [3.8, 4) is 0 Å². The summed E-state index contributed by atoms with van der Waals surface area (Å²) < 4.78 is 0. The van der Waals surface area contributed by atoms with Crippen molar-refractivity contribution in [1.29, 1.82) is 0 Å². The number of hydrogen-bond donors (Lipinski definition) is 2. The molecule has 17 heavy (non-hydrogen) atoms. The fourth-order valence-electron chi connectivity index (χ4n) is 1.71. The number of rotatable bonds is 2. The van der Waals surface area contributed by atoms with E-state index in [1.54, 1.807) is 0 Å². The molecule has 0 bridgehead atoms. The van der Waals surface area contributed by atoms with Gasteiger partial charge in [-0.3, -0.25) is 0 Å². The molecule has 0 fully saturated rings. The molecular formula is C12H19N5. The maximum atomic E-state index is 5.71. The summed E-state index contributed by atoms with van der Waals surface area (Å²) in [5.41, 5.74) is 5.59. The predicted molar refractivity (Wildman–Crippen MR) is 68.7 cm³/mol. The zero-order chi connectivity index (χ0) is 12.5. The van der Waals surface area contributed by atoms with Crippen LogP contribution in [0.4, 0.5) is 11.9 Å². The molecule has 0 radical (unpaired) electrons. The summed E-state index contributed by atoms with van der Waals surface area (Å²) in [4.78, 5) is 12.7. The Morgan fingerprint density at radius 1 is 1.18 bits per heavy atom. The Hall–Kier alpha value is -1.65. The van der Waals surface area contributed by atoms with Crippen LogP contribution in [0.5, 0.6) is 0 Å². The van der Waals surface area contributed by atoms with Crippen LogP contribution in [0.3, 0.4) is 0 Å². The van der Waals surface area contributed by atoms with Crippen molar-refractivity contribution < 1.29 is 0 Å². The average Bonchev–Trinajstić information content (AvgIpc) is 2.68. The lowest BCUT2D eigenvalue weighted by molar-refractivity contribution is 0.543. The largest absolute Gasteiger partial charge is 0.368 e. The lowest BCUT2D eigenvalue weighted by atomic mass is 9.96. The van der Waals surface area contributed by atoms with Gasteiger partial charge in [-0.1, -0.05) is 32.9 Å². The number of nitrogens with two attached hydrogens (primary N) is 1. The SMILES string of the molecule is CC(C)(C)c1nc(N)nc(NC2CC=CC2)n1. The molecule has 0 saturated carbocycles. The van der Waals surface area contributed by atoms with Crippen LogP contribution in [0.25, 0.3) is 0 Å². The van der Waals surface area contributed by atoms with Crippen LogP contribution in [0, 0.1) is 0 Å². The van der Waals surface area contributed by atoms with Gasteiger partial charge in [-0.05, 0) is 12.8 Å². The number of nitrogens with one attached hydrogen (secondary N) is 1. The van der Waals surface area contributed by atoms with Gasteiger partial charge in [0.25, 0.3) is 0 Å². The number of aromatic nitrogens is 3. The van der Waals surface area contributed by atoms with Crippen LogP contribution in [0.2, 0.25) is 0 Å². The van der Waals surface area contributed by atoms with E-state index < -0.39 is 0 Å². The molecule has 0 spiro atoms. The predicted octanol–water partition coefficient (Wildman–Crippen LogP) is 1.88.